The predicted molar refractivity (Wildman–Crippen MR) is 151 cm³/mol. The Labute approximate surface area is 237 Å². The molecule has 0 aromatic heterocycles. The highest BCUT2D eigenvalue weighted by atomic mass is 79.9. The van der Waals surface area contributed by atoms with Crippen molar-refractivity contribution in [2.24, 2.45) is 0 Å². The van der Waals surface area contributed by atoms with E-state index in [-0.39, 0.29) is 24.4 Å². The van der Waals surface area contributed by atoms with Crippen molar-refractivity contribution in [3.8, 4) is 0 Å². The molecule has 208 valence electrons. The Bertz CT molecular complexity index is 583. The molecule has 2 fully saturated rings. The van der Waals surface area contributed by atoms with Crippen LogP contribution in [0.3, 0.4) is 0 Å². The zero-order valence-electron chi connectivity index (χ0n) is 22.2. The summed E-state index contributed by atoms with van der Waals surface area (Å²) in [5.41, 5.74) is -0.865. The van der Waals surface area contributed by atoms with Gasteiger partial charge in [-0.1, -0.05) is 47.8 Å². The molecule has 2 heterocycles. The van der Waals surface area contributed by atoms with E-state index < -0.39 is 11.2 Å². The van der Waals surface area contributed by atoms with E-state index in [2.05, 4.69) is 47.8 Å². The molecule has 2 amide bonds. The van der Waals surface area contributed by atoms with E-state index in [1.54, 1.807) is 4.90 Å². The lowest BCUT2D eigenvalue weighted by Gasteiger charge is -2.39. The highest BCUT2D eigenvalue weighted by Crippen LogP contribution is 2.17. The Hall–Kier alpha value is -0.100. The largest absolute Gasteiger partial charge is 0.444 e. The molecule has 2 aliphatic rings. The third kappa shape index (κ3) is 18.7. The van der Waals surface area contributed by atoms with Crippen LogP contribution in [0, 0.1) is 0 Å². The van der Waals surface area contributed by atoms with Gasteiger partial charge < -0.3 is 29.1 Å². The van der Waals surface area contributed by atoms with Gasteiger partial charge in [0, 0.05) is 22.6 Å². The Morgan fingerprint density at radius 2 is 1.11 bits per heavy atom. The number of ether oxygens (including phenoxy) is 3. The topological polar surface area (TPSA) is 88.5 Å². The summed E-state index contributed by atoms with van der Waals surface area (Å²) in [6.45, 7) is 14.0. The summed E-state index contributed by atoms with van der Waals surface area (Å²) in [4.78, 5) is 25.9. The Balaban J connectivity index is 0.000000557. The van der Waals surface area contributed by atoms with Crippen LogP contribution in [0.15, 0.2) is 0 Å². The summed E-state index contributed by atoms with van der Waals surface area (Å²) in [6, 6.07) is 0. The molecule has 0 aliphatic carbocycles. The average Bonchev–Trinajstić information content (AvgIpc) is 2.66. The molecule has 11 heteroatoms. The molecule has 0 atom stereocenters. The van der Waals surface area contributed by atoms with Gasteiger partial charge in [-0.25, -0.2) is 9.59 Å². The molecule has 0 radical (unpaired) electrons. The molecule has 0 aromatic carbocycles. The summed E-state index contributed by atoms with van der Waals surface area (Å²) in [7, 11) is 0. The monoisotopic (exact) mass is 694 g/mol. The van der Waals surface area contributed by atoms with Crippen LogP contribution >= 0.6 is 47.8 Å². The van der Waals surface area contributed by atoms with Gasteiger partial charge in [0.25, 0.3) is 0 Å². The van der Waals surface area contributed by atoms with Crippen molar-refractivity contribution < 1.29 is 28.9 Å². The summed E-state index contributed by atoms with van der Waals surface area (Å²) in [6.07, 6.45) is 4.01. The molecule has 0 saturated carbocycles. The van der Waals surface area contributed by atoms with Gasteiger partial charge >= 0.3 is 12.2 Å². The molecule has 0 spiro atoms. The third-order valence-electron chi connectivity index (χ3n) is 4.41. The van der Waals surface area contributed by atoms with Crippen molar-refractivity contribution in [2.45, 2.75) is 90.6 Å². The van der Waals surface area contributed by atoms with Gasteiger partial charge in [0.05, 0.1) is 38.4 Å². The van der Waals surface area contributed by atoms with E-state index in [0.29, 0.717) is 26.2 Å². The molecule has 2 aliphatic heterocycles. The van der Waals surface area contributed by atoms with Crippen molar-refractivity contribution in [1.82, 2.24) is 9.80 Å². The number of carbonyl (C=O) groups excluding carboxylic acids is 2. The quantitative estimate of drug-likeness (QED) is 0.249. The fraction of sp³-hybridized carbons (Fsp3) is 0.917. The molecule has 2 saturated heterocycles. The van der Waals surface area contributed by atoms with Crippen LogP contribution in [-0.2, 0) is 14.2 Å². The minimum Gasteiger partial charge on any atom is -0.444 e. The average molecular weight is 697 g/mol. The summed E-state index contributed by atoms with van der Waals surface area (Å²) in [5.74, 6) is 0. The first-order valence-corrected chi connectivity index (χ1v) is 15.5. The first-order valence-electron chi connectivity index (χ1n) is 12.2. The zero-order valence-corrected chi connectivity index (χ0v) is 26.9. The molecule has 1 N–H and O–H groups in total. The fourth-order valence-corrected chi connectivity index (χ4v) is 3.78. The molecule has 0 unspecified atom stereocenters. The van der Waals surface area contributed by atoms with Gasteiger partial charge in [0.15, 0.2) is 0 Å². The number of likely N-dealkylation sites (tertiary alicyclic amines) is 2. The van der Waals surface area contributed by atoms with Gasteiger partial charge in [-0.3, -0.25) is 0 Å². The molecule has 0 bridgehead atoms. The number of nitrogens with zero attached hydrogens (tertiary/aromatic N) is 2. The number of unbranched alkanes of at least 4 members (excludes halogenated alkanes) is 2. The molecular weight excluding hydrogens is 652 g/mol. The van der Waals surface area contributed by atoms with Gasteiger partial charge in [-0.2, -0.15) is 0 Å². The summed E-state index contributed by atoms with van der Waals surface area (Å²) >= 11 is 10.0. The number of β-amino-alcohol motifs (C(OH)–C–C–N with tert-alkyl or cyclic N) is 1. The highest BCUT2D eigenvalue weighted by Gasteiger charge is 2.34. The fourth-order valence-electron chi connectivity index (χ4n) is 2.59. The molecule has 35 heavy (non-hydrogen) atoms. The van der Waals surface area contributed by atoms with Gasteiger partial charge in [0.2, 0.25) is 0 Å². The zero-order chi connectivity index (χ0) is 27.1. The van der Waals surface area contributed by atoms with E-state index >= 15 is 0 Å². The smallest absolute Gasteiger partial charge is 0.410 e. The van der Waals surface area contributed by atoms with Crippen molar-refractivity contribution in [1.29, 1.82) is 0 Å². The maximum Gasteiger partial charge on any atom is 0.410 e. The molecular formula is C24H45Br3N2O6. The second-order valence-electron chi connectivity index (χ2n) is 10.4. The molecule has 2 rings (SSSR count). The number of aliphatic hydroxyl groups is 1. The van der Waals surface area contributed by atoms with Gasteiger partial charge in [-0.05, 0) is 67.2 Å². The first-order chi connectivity index (χ1) is 16.2. The third-order valence-corrected chi connectivity index (χ3v) is 6.09. The van der Waals surface area contributed by atoms with E-state index in [9.17, 15) is 9.59 Å². The standard InChI is InChI=1S/C12H22BrNO3.C8H15NO3.C4H8Br2/c1-12(2,3)17-11(15)14-8-10(9-14)16-7-5-4-6-13;1-8(2,3)12-7(11)9-4-6(10)5-9;5-3-1-2-4-6/h10H,4-9H2,1-3H3;6,10H,4-5H2,1-3H3;1-4H2. The SMILES string of the molecule is BrCCCCBr.CC(C)(C)OC(=O)N1CC(O)C1.CC(C)(C)OC(=O)N1CC(OCCCCBr)C1. The lowest BCUT2D eigenvalue weighted by Crippen LogP contribution is -2.55. The maximum atomic E-state index is 11.6. The lowest BCUT2D eigenvalue weighted by atomic mass is 10.1. The Kier molecular flexibility index (Phi) is 18.1. The first kappa shape index (κ1) is 34.9. The second-order valence-corrected chi connectivity index (χ2v) is 12.8. The summed E-state index contributed by atoms with van der Waals surface area (Å²) in [5, 5.41) is 12.2. The van der Waals surface area contributed by atoms with E-state index in [0.717, 1.165) is 35.4 Å². The number of carbonyl (C=O) groups is 2. The number of alkyl halides is 3. The normalized spacial score (nSPS) is 16.2. The van der Waals surface area contributed by atoms with Crippen LogP contribution < -0.4 is 0 Å². The minimum atomic E-state index is -0.447. The predicted octanol–water partition coefficient (Wildman–Crippen LogP) is 5.95. The van der Waals surface area contributed by atoms with Crippen molar-refractivity contribution >= 4 is 60.0 Å². The van der Waals surface area contributed by atoms with Crippen LogP contribution in [-0.4, -0.2) is 99.3 Å². The van der Waals surface area contributed by atoms with Crippen molar-refractivity contribution in [3.63, 3.8) is 0 Å². The minimum absolute atomic E-state index is 0.192. The number of aliphatic hydroxyl groups excluding tert-OH is 1. The van der Waals surface area contributed by atoms with Crippen LogP contribution in [0.25, 0.3) is 0 Å². The lowest BCUT2D eigenvalue weighted by molar-refractivity contribution is -0.0634. The van der Waals surface area contributed by atoms with Crippen LogP contribution in [0.4, 0.5) is 9.59 Å². The molecule has 8 nitrogen and oxygen atoms in total. The van der Waals surface area contributed by atoms with E-state index in [4.69, 9.17) is 19.3 Å². The summed E-state index contributed by atoms with van der Waals surface area (Å²) < 4.78 is 15.9. The van der Waals surface area contributed by atoms with Crippen molar-refractivity contribution in [3.05, 3.63) is 0 Å². The second kappa shape index (κ2) is 18.2. The van der Waals surface area contributed by atoms with Gasteiger partial charge in [-0.15, -0.1) is 0 Å². The van der Waals surface area contributed by atoms with Crippen LogP contribution in [0.1, 0.15) is 67.2 Å². The Morgan fingerprint density at radius 1 is 0.743 bits per heavy atom. The number of amides is 2. The number of halogens is 3. The number of rotatable bonds is 8. The van der Waals surface area contributed by atoms with Gasteiger partial charge in [0.1, 0.15) is 11.2 Å². The maximum absolute atomic E-state index is 11.6. The Morgan fingerprint density at radius 3 is 1.46 bits per heavy atom. The highest BCUT2D eigenvalue weighted by molar-refractivity contribution is 9.09. The number of hydrogen-bond acceptors (Lipinski definition) is 6. The molecule has 0 aromatic rings. The van der Waals surface area contributed by atoms with Crippen LogP contribution in [0.2, 0.25) is 0 Å². The van der Waals surface area contributed by atoms with E-state index in [1.165, 1.54) is 17.7 Å². The van der Waals surface area contributed by atoms with E-state index in [1.807, 2.05) is 41.5 Å². The van der Waals surface area contributed by atoms with Crippen molar-refractivity contribution in [2.75, 3.05) is 48.8 Å². The number of hydrogen-bond donors (Lipinski definition) is 1. The van der Waals surface area contributed by atoms with Crippen LogP contribution in [0.5, 0.6) is 0 Å².